The molecule has 0 aromatic heterocycles. The number of halogens is 1. The fourth-order valence-electron chi connectivity index (χ4n) is 2.04. The molecule has 0 atom stereocenters. The second-order valence-electron chi connectivity index (χ2n) is 7.11. The molecule has 1 aromatic carbocycles. The van der Waals surface area contributed by atoms with Crippen molar-refractivity contribution in [2.75, 3.05) is 0 Å². The van der Waals surface area contributed by atoms with Crippen molar-refractivity contribution in [3.8, 4) is 5.75 Å². The third-order valence-corrected chi connectivity index (χ3v) is 3.67. The van der Waals surface area contributed by atoms with Crippen LogP contribution in [0.1, 0.15) is 52.7 Å². The minimum absolute atomic E-state index is 0.281. The molecule has 1 amide bonds. The third kappa shape index (κ3) is 5.18. The lowest BCUT2D eigenvalue weighted by atomic mass is 9.79. The van der Waals surface area contributed by atoms with E-state index in [1.54, 1.807) is 4.72 Å². The molecule has 1 aromatic rings. The van der Waals surface area contributed by atoms with Crippen molar-refractivity contribution in [3.05, 3.63) is 29.3 Å². The Hall–Kier alpha value is -1.27. The van der Waals surface area contributed by atoms with E-state index in [2.05, 4.69) is 0 Å². The van der Waals surface area contributed by atoms with Crippen LogP contribution in [0.5, 0.6) is 5.75 Å². The van der Waals surface area contributed by atoms with Gasteiger partial charge in [-0.1, -0.05) is 59.7 Å². The van der Waals surface area contributed by atoms with E-state index in [0.29, 0.717) is 5.75 Å². The van der Waals surface area contributed by atoms with Gasteiger partial charge in [-0.3, -0.25) is 0 Å². The number of rotatable bonds is 2. The lowest BCUT2D eigenvalue weighted by molar-refractivity contribution is 0.205. The van der Waals surface area contributed by atoms with Crippen LogP contribution in [0.4, 0.5) is 4.79 Å². The summed E-state index contributed by atoms with van der Waals surface area (Å²) in [5.41, 5.74) is 1.05. The van der Waals surface area contributed by atoms with Crippen molar-refractivity contribution in [2.45, 2.75) is 52.4 Å². The van der Waals surface area contributed by atoms with E-state index in [-0.39, 0.29) is 10.8 Å². The van der Waals surface area contributed by atoms with E-state index >= 15 is 0 Å². The highest BCUT2D eigenvalue weighted by atomic mass is 35.7. The Bertz CT molecular complexity index is 638. The molecule has 0 unspecified atom stereocenters. The van der Waals surface area contributed by atoms with Crippen molar-refractivity contribution in [1.29, 1.82) is 0 Å². The molecule has 0 spiro atoms. The summed E-state index contributed by atoms with van der Waals surface area (Å²) in [5.74, 6) is 0.361. The van der Waals surface area contributed by atoms with Gasteiger partial charge in [0.15, 0.2) is 0 Å². The van der Waals surface area contributed by atoms with Crippen molar-refractivity contribution in [3.63, 3.8) is 0 Å². The minimum Gasteiger partial charge on any atom is -0.409 e. The zero-order valence-corrected chi connectivity index (χ0v) is 15.2. The maximum absolute atomic E-state index is 11.8. The van der Waals surface area contributed by atoms with E-state index < -0.39 is 15.3 Å². The van der Waals surface area contributed by atoms with Gasteiger partial charge in [0, 0.05) is 21.8 Å². The van der Waals surface area contributed by atoms with Crippen LogP contribution in [-0.4, -0.2) is 14.5 Å². The average Bonchev–Trinajstić information content (AvgIpc) is 2.23. The Labute approximate surface area is 136 Å². The Morgan fingerprint density at radius 3 is 1.77 bits per heavy atom. The van der Waals surface area contributed by atoms with Crippen LogP contribution >= 0.6 is 10.7 Å². The van der Waals surface area contributed by atoms with Gasteiger partial charge in [-0.05, 0) is 10.8 Å². The zero-order chi connectivity index (χ0) is 17.3. The standard InChI is InChI=1S/C15H22ClNO4S/c1-14(2,3)10-8-7-9-11(15(4,5)6)12(10)21-13(18)17-22(16,19)20/h7-9H,1-6H3,(H,17,18). The molecule has 0 aliphatic carbocycles. The number of para-hydroxylation sites is 1. The van der Waals surface area contributed by atoms with Crippen LogP contribution in [0.15, 0.2) is 18.2 Å². The van der Waals surface area contributed by atoms with E-state index in [1.807, 2.05) is 59.7 Å². The monoisotopic (exact) mass is 347 g/mol. The lowest BCUT2D eigenvalue weighted by Crippen LogP contribution is -2.31. The zero-order valence-electron chi connectivity index (χ0n) is 13.7. The number of amides is 1. The van der Waals surface area contributed by atoms with Gasteiger partial charge in [0.25, 0.3) is 0 Å². The summed E-state index contributed by atoms with van der Waals surface area (Å²) in [6.45, 7) is 11.9. The topological polar surface area (TPSA) is 72.5 Å². The summed E-state index contributed by atoms with van der Waals surface area (Å²) in [4.78, 5) is 11.8. The summed E-state index contributed by atoms with van der Waals surface area (Å²) in [6.07, 6.45) is -1.13. The van der Waals surface area contributed by atoms with E-state index in [1.165, 1.54) is 0 Å². The second kappa shape index (κ2) is 6.08. The van der Waals surface area contributed by atoms with E-state index in [4.69, 9.17) is 15.4 Å². The second-order valence-corrected chi connectivity index (χ2v) is 9.41. The molecule has 0 aliphatic heterocycles. The minimum atomic E-state index is -4.19. The van der Waals surface area contributed by atoms with Gasteiger partial charge in [0.05, 0.1) is 0 Å². The predicted octanol–water partition coefficient (Wildman–Crippen LogP) is 3.85. The van der Waals surface area contributed by atoms with Gasteiger partial charge in [-0.2, -0.15) is 8.42 Å². The summed E-state index contributed by atoms with van der Waals surface area (Å²) < 4.78 is 28.8. The first-order valence-corrected chi connectivity index (χ1v) is 9.11. The molecule has 1 rings (SSSR count). The van der Waals surface area contributed by atoms with Crippen molar-refractivity contribution in [1.82, 2.24) is 4.72 Å². The highest BCUT2D eigenvalue weighted by Gasteiger charge is 2.28. The fraction of sp³-hybridized carbons (Fsp3) is 0.533. The maximum atomic E-state index is 11.8. The van der Waals surface area contributed by atoms with Gasteiger partial charge in [0.2, 0.25) is 0 Å². The van der Waals surface area contributed by atoms with E-state index in [0.717, 1.165) is 11.1 Å². The van der Waals surface area contributed by atoms with Gasteiger partial charge in [-0.25, -0.2) is 9.52 Å². The highest BCUT2D eigenvalue weighted by molar-refractivity contribution is 8.12. The van der Waals surface area contributed by atoms with Crippen LogP contribution in [0.2, 0.25) is 0 Å². The Balaban J connectivity index is 3.39. The molecule has 0 heterocycles. The molecule has 124 valence electrons. The molecule has 5 nitrogen and oxygen atoms in total. The predicted molar refractivity (Wildman–Crippen MR) is 87.8 cm³/mol. The molecule has 0 bridgehead atoms. The normalized spacial score (nSPS) is 12.9. The Morgan fingerprint density at radius 2 is 1.45 bits per heavy atom. The highest BCUT2D eigenvalue weighted by Crippen LogP contribution is 2.39. The van der Waals surface area contributed by atoms with Crippen LogP contribution in [0, 0.1) is 0 Å². The molecular weight excluding hydrogens is 326 g/mol. The van der Waals surface area contributed by atoms with Crippen LogP contribution in [0.25, 0.3) is 0 Å². The number of carbonyl (C=O) groups is 1. The van der Waals surface area contributed by atoms with Crippen LogP contribution < -0.4 is 9.46 Å². The molecule has 7 heteroatoms. The fourth-order valence-corrected chi connectivity index (χ4v) is 2.47. The molecule has 0 fully saturated rings. The molecule has 0 saturated carbocycles. The molecular formula is C15H22ClNO4S. The number of ether oxygens (including phenoxy) is 1. The number of carbonyl (C=O) groups excluding carboxylic acids is 1. The maximum Gasteiger partial charge on any atom is 0.427 e. The van der Waals surface area contributed by atoms with Crippen LogP contribution in [0.3, 0.4) is 0 Å². The quantitative estimate of drug-likeness (QED) is 0.824. The first-order valence-electron chi connectivity index (χ1n) is 6.80. The summed E-state index contributed by atoms with van der Waals surface area (Å²) in [7, 11) is 0.822. The first kappa shape index (κ1) is 18.8. The van der Waals surface area contributed by atoms with Gasteiger partial charge >= 0.3 is 15.3 Å². The van der Waals surface area contributed by atoms with Crippen LogP contribution in [-0.2, 0) is 20.1 Å². The van der Waals surface area contributed by atoms with E-state index in [9.17, 15) is 13.2 Å². The Kier molecular flexibility index (Phi) is 5.19. The number of nitrogens with one attached hydrogen (secondary N) is 1. The van der Waals surface area contributed by atoms with Crippen molar-refractivity contribution < 1.29 is 17.9 Å². The SMILES string of the molecule is CC(C)(C)c1cccc(C(C)(C)C)c1OC(=O)NS(=O)(=O)Cl. The third-order valence-electron chi connectivity index (χ3n) is 3.03. The average molecular weight is 348 g/mol. The van der Waals surface area contributed by atoms with Gasteiger partial charge in [0.1, 0.15) is 5.75 Å². The first-order chi connectivity index (χ1) is 9.72. The summed E-state index contributed by atoms with van der Waals surface area (Å²) in [5, 5.41) is 0. The largest absolute Gasteiger partial charge is 0.427 e. The summed E-state index contributed by atoms with van der Waals surface area (Å²) >= 11 is 0. The molecule has 0 aliphatic rings. The number of hydrogen-bond donors (Lipinski definition) is 1. The molecule has 0 radical (unpaired) electrons. The smallest absolute Gasteiger partial charge is 0.409 e. The number of benzene rings is 1. The number of hydrogen-bond acceptors (Lipinski definition) is 4. The van der Waals surface area contributed by atoms with Gasteiger partial charge in [-0.15, -0.1) is 0 Å². The molecule has 0 saturated heterocycles. The van der Waals surface area contributed by atoms with Crippen molar-refractivity contribution >= 4 is 26.0 Å². The molecule has 1 N–H and O–H groups in total. The Morgan fingerprint density at radius 1 is 1.05 bits per heavy atom. The van der Waals surface area contributed by atoms with Gasteiger partial charge < -0.3 is 4.74 Å². The molecule has 22 heavy (non-hydrogen) atoms. The van der Waals surface area contributed by atoms with Crippen molar-refractivity contribution in [2.24, 2.45) is 0 Å². The lowest BCUT2D eigenvalue weighted by Gasteiger charge is -2.28. The summed E-state index contributed by atoms with van der Waals surface area (Å²) in [6, 6.07) is 5.60.